The summed E-state index contributed by atoms with van der Waals surface area (Å²) in [5, 5.41) is 0. The summed E-state index contributed by atoms with van der Waals surface area (Å²) in [5.41, 5.74) is 0. The highest BCUT2D eigenvalue weighted by atomic mass is 19.3. The molecule has 12 heavy (non-hydrogen) atoms. The maximum absolute atomic E-state index is 12.6. The highest BCUT2D eigenvalue weighted by Gasteiger charge is 2.43. The van der Waals surface area contributed by atoms with Crippen LogP contribution in [0, 0.1) is 5.92 Å². The fourth-order valence-corrected chi connectivity index (χ4v) is 0.695. The van der Waals surface area contributed by atoms with Crippen LogP contribution in [0.4, 0.5) is 8.78 Å². The van der Waals surface area contributed by atoms with Crippen LogP contribution >= 0.6 is 0 Å². The van der Waals surface area contributed by atoms with Crippen LogP contribution in [0.3, 0.4) is 0 Å². The minimum absolute atomic E-state index is 0.150. The van der Waals surface area contributed by atoms with Crippen molar-refractivity contribution >= 4 is 11.6 Å². The highest BCUT2D eigenvalue weighted by Crippen LogP contribution is 2.20. The van der Waals surface area contributed by atoms with E-state index in [1.54, 1.807) is 13.8 Å². The second kappa shape index (κ2) is 3.74. The van der Waals surface area contributed by atoms with Crippen molar-refractivity contribution in [2.24, 2.45) is 5.92 Å². The number of Topliss-reactive ketones (excluding diaryl/α,β-unsaturated/α-hetero) is 2. The molecule has 0 aromatic carbocycles. The zero-order valence-corrected chi connectivity index (χ0v) is 7.36. The number of hydrogen-bond acceptors (Lipinski definition) is 2. The van der Waals surface area contributed by atoms with Gasteiger partial charge >= 0.3 is 5.92 Å². The van der Waals surface area contributed by atoms with Gasteiger partial charge in [-0.3, -0.25) is 9.59 Å². The Bertz CT molecular complexity index is 197. The van der Waals surface area contributed by atoms with E-state index in [0.717, 1.165) is 6.92 Å². The van der Waals surface area contributed by atoms with Crippen molar-refractivity contribution in [3.63, 3.8) is 0 Å². The molecular weight excluding hydrogens is 166 g/mol. The lowest BCUT2D eigenvalue weighted by atomic mass is 10.0. The largest absolute Gasteiger partial charge is 0.362 e. The highest BCUT2D eigenvalue weighted by molar-refractivity contribution is 6.07. The smallest absolute Gasteiger partial charge is 0.293 e. The number of carbonyl (C=O) groups excluding carboxylic acids is 2. The third-order valence-corrected chi connectivity index (χ3v) is 1.39. The standard InChI is InChI=1S/C8H12F2O2/c1-5(2)4-7(12)8(9,10)6(3)11/h5H,4H2,1-3H3. The minimum atomic E-state index is -3.79. The van der Waals surface area contributed by atoms with Crippen molar-refractivity contribution in [1.29, 1.82) is 0 Å². The van der Waals surface area contributed by atoms with Crippen LogP contribution in [-0.2, 0) is 9.59 Å². The summed E-state index contributed by atoms with van der Waals surface area (Å²) in [6.45, 7) is 4.01. The number of ketones is 2. The lowest BCUT2D eigenvalue weighted by Crippen LogP contribution is -2.36. The molecule has 0 atom stereocenters. The Morgan fingerprint density at radius 2 is 1.75 bits per heavy atom. The SMILES string of the molecule is CC(=O)C(F)(F)C(=O)CC(C)C. The van der Waals surface area contributed by atoms with E-state index >= 15 is 0 Å². The van der Waals surface area contributed by atoms with E-state index in [1.807, 2.05) is 0 Å². The average molecular weight is 178 g/mol. The first-order chi connectivity index (χ1) is 5.28. The summed E-state index contributed by atoms with van der Waals surface area (Å²) < 4.78 is 25.2. The fraction of sp³-hybridized carbons (Fsp3) is 0.750. The Labute approximate surface area is 69.9 Å². The van der Waals surface area contributed by atoms with Crippen molar-refractivity contribution in [3.8, 4) is 0 Å². The molecule has 2 nitrogen and oxygen atoms in total. The predicted octanol–water partition coefficient (Wildman–Crippen LogP) is 1.83. The molecule has 0 rings (SSSR count). The van der Waals surface area contributed by atoms with Crippen LogP contribution in [0.1, 0.15) is 27.2 Å². The first-order valence-electron chi connectivity index (χ1n) is 3.70. The second-order valence-corrected chi connectivity index (χ2v) is 3.15. The zero-order valence-electron chi connectivity index (χ0n) is 7.36. The Hall–Kier alpha value is -0.800. The Morgan fingerprint density at radius 3 is 2.00 bits per heavy atom. The van der Waals surface area contributed by atoms with Crippen molar-refractivity contribution in [2.45, 2.75) is 33.1 Å². The van der Waals surface area contributed by atoms with Crippen LogP contribution in [-0.4, -0.2) is 17.5 Å². The van der Waals surface area contributed by atoms with E-state index in [4.69, 9.17) is 0 Å². The van der Waals surface area contributed by atoms with Crippen molar-refractivity contribution in [1.82, 2.24) is 0 Å². The lowest BCUT2D eigenvalue weighted by molar-refractivity contribution is -0.155. The van der Waals surface area contributed by atoms with Gasteiger partial charge in [0.05, 0.1) is 0 Å². The van der Waals surface area contributed by atoms with Gasteiger partial charge in [0, 0.05) is 13.3 Å². The minimum Gasteiger partial charge on any atom is -0.293 e. The van der Waals surface area contributed by atoms with Gasteiger partial charge in [0.1, 0.15) is 0 Å². The second-order valence-electron chi connectivity index (χ2n) is 3.15. The van der Waals surface area contributed by atoms with E-state index < -0.39 is 17.5 Å². The van der Waals surface area contributed by atoms with Crippen LogP contribution in [0.15, 0.2) is 0 Å². The van der Waals surface area contributed by atoms with Crippen LogP contribution in [0.5, 0.6) is 0 Å². The maximum atomic E-state index is 12.6. The molecule has 0 aromatic rings. The number of carbonyl (C=O) groups is 2. The molecule has 0 saturated carbocycles. The molecule has 0 aliphatic carbocycles. The summed E-state index contributed by atoms with van der Waals surface area (Å²) in [6, 6.07) is 0. The van der Waals surface area contributed by atoms with E-state index in [-0.39, 0.29) is 12.3 Å². The molecule has 0 radical (unpaired) electrons. The molecule has 0 fully saturated rings. The molecule has 0 aliphatic heterocycles. The van der Waals surface area contributed by atoms with Gasteiger partial charge in [0.25, 0.3) is 0 Å². The molecule has 0 unspecified atom stereocenters. The third kappa shape index (κ3) is 2.68. The van der Waals surface area contributed by atoms with E-state index in [1.165, 1.54) is 0 Å². The topological polar surface area (TPSA) is 34.1 Å². The average Bonchev–Trinajstić information content (AvgIpc) is 1.85. The fourth-order valence-electron chi connectivity index (χ4n) is 0.695. The molecule has 0 saturated heterocycles. The summed E-state index contributed by atoms with van der Waals surface area (Å²) >= 11 is 0. The monoisotopic (exact) mass is 178 g/mol. The quantitative estimate of drug-likeness (QED) is 0.615. The Morgan fingerprint density at radius 1 is 1.33 bits per heavy atom. The predicted molar refractivity (Wildman–Crippen MR) is 40.1 cm³/mol. The number of alkyl halides is 2. The molecule has 0 heterocycles. The molecule has 0 aromatic heterocycles. The first-order valence-corrected chi connectivity index (χ1v) is 3.70. The summed E-state index contributed by atoms with van der Waals surface area (Å²) in [5.74, 6) is -6.61. The van der Waals surface area contributed by atoms with Crippen LogP contribution in [0.25, 0.3) is 0 Å². The summed E-state index contributed by atoms with van der Waals surface area (Å²) in [7, 11) is 0. The molecule has 0 aliphatic rings. The summed E-state index contributed by atoms with van der Waals surface area (Å²) in [6.07, 6.45) is -0.257. The van der Waals surface area contributed by atoms with Crippen molar-refractivity contribution < 1.29 is 18.4 Å². The van der Waals surface area contributed by atoms with Gasteiger partial charge in [0.15, 0.2) is 0 Å². The van der Waals surface area contributed by atoms with Crippen LogP contribution < -0.4 is 0 Å². The molecule has 0 amide bonds. The molecule has 0 spiro atoms. The lowest BCUT2D eigenvalue weighted by Gasteiger charge is -2.12. The van der Waals surface area contributed by atoms with Gasteiger partial charge in [-0.05, 0) is 5.92 Å². The molecular formula is C8H12F2O2. The molecule has 0 bridgehead atoms. The van der Waals surface area contributed by atoms with Gasteiger partial charge in [0.2, 0.25) is 11.6 Å². The van der Waals surface area contributed by atoms with E-state index in [0.29, 0.717) is 0 Å². The maximum Gasteiger partial charge on any atom is 0.362 e. The summed E-state index contributed by atoms with van der Waals surface area (Å²) in [4.78, 5) is 21.1. The van der Waals surface area contributed by atoms with E-state index in [9.17, 15) is 18.4 Å². The van der Waals surface area contributed by atoms with Gasteiger partial charge in [-0.1, -0.05) is 13.8 Å². The third-order valence-electron chi connectivity index (χ3n) is 1.39. The Balaban J connectivity index is 4.36. The van der Waals surface area contributed by atoms with Crippen LogP contribution in [0.2, 0.25) is 0 Å². The first kappa shape index (κ1) is 11.2. The zero-order chi connectivity index (χ0) is 9.94. The van der Waals surface area contributed by atoms with Gasteiger partial charge < -0.3 is 0 Å². The van der Waals surface area contributed by atoms with Gasteiger partial charge in [-0.25, -0.2) is 0 Å². The van der Waals surface area contributed by atoms with E-state index in [2.05, 4.69) is 0 Å². The normalized spacial score (nSPS) is 11.8. The number of hydrogen-bond donors (Lipinski definition) is 0. The van der Waals surface area contributed by atoms with Gasteiger partial charge in [-0.15, -0.1) is 0 Å². The number of halogens is 2. The van der Waals surface area contributed by atoms with Crippen molar-refractivity contribution in [3.05, 3.63) is 0 Å². The Kier molecular flexibility index (Phi) is 3.49. The molecule has 70 valence electrons. The molecule has 0 N–H and O–H groups in total. The molecule has 4 heteroatoms. The number of rotatable bonds is 4. The van der Waals surface area contributed by atoms with Gasteiger partial charge in [-0.2, -0.15) is 8.78 Å². The van der Waals surface area contributed by atoms with Crippen molar-refractivity contribution in [2.75, 3.05) is 0 Å².